The maximum atomic E-state index is 12.5. The lowest BCUT2D eigenvalue weighted by atomic mass is 9.88. The first-order valence-corrected chi connectivity index (χ1v) is 11.2. The van der Waals surface area contributed by atoms with Crippen LogP contribution in [0.15, 0.2) is 35.4 Å². The van der Waals surface area contributed by atoms with Crippen LogP contribution >= 0.6 is 0 Å². The van der Waals surface area contributed by atoms with Crippen molar-refractivity contribution in [3.8, 4) is 0 Å². The standard InChI is InChI=1S/C24H36N4O2/c1-18-14-19(2)16-27(15-18)24(3,4)17-25-22(29)10-11-23(30)28-13-12-21(26-28)20-8-6-5-7-9-20/h5-9,18-19H,10-17H2,1-4H3,(H,25,29)/t18-,19+. The topological polar surface area (TPSA) is 65.0 Å². The van der Waals surface area contributed by atoms with Gasteiger partial charge in [-0.25, -0.2) is 5.01 Å². The van der Waals surface area contributed by atoms with Gasteiger partial charge in [0.1, 0.15) is 0 Å². The Hall–Kier alpha value is -2.21. The van der Waals surface area contributed by atoms with E-state index in [1.54, 1.807) is 0 Å². The molecule has 0 bridgehead atoms. The van der Waals surface area contributed by atoms with Crippen molar-refractivity contribution in [2.45, 2.75) is 58.9 Å². The van der Waals surface area contributed by atoms with Crippen molar-refractivity contribution in [3.05, 3.63) is 35.9 Å². The molecule has 164 valence electrons. The fourth-order valence-electron chi connectivity index (χ4n) is 4.49. The molecule has 3 rings (SSSR count). The molecule has 0 aliphatic carbocycles. The minimum Gasteiger partial charge on any atom is -0.354 e. The van der Waals surface area contributed by atoms with Crippen LogP contribution in [0.2, 0.25) is 0 Å². The molecule has 1 saturated heterocycles. The van der Waals surface area contributed by atoms with Crippen LogP contribution in [0.4, 0.5) is 0 Å². The molecule has 6 heteroatoms. The Morgan fingerprint density at radius 3 is 2.43 bits per heavy atom. The van der Waals surface area contributed by atoms with Crippen molar-refractivity contribution in [2.24, 2.45) is 16.9 Å². The third-order valence-corrected chi connectivity index (χ3v) is 6.21. The SMILES string of the molecule is C[C@@H]1C[C@H](C)CN(C(C)(C)CNC(=O)CCC(=O)N2CCC(c3ccccc3)=N2)C1. The molecule has 2 aliphatic heterocycles. The molecule has 0 radical (unpaired) electrons. The molecule has 2 heterocycles. The fourth-order valence-corrected chi connectivity index (χ4v) is 4.49. The first kappa shape index (κ1) is 22.5. The molecule has 30 heavy (non-hydrogen) atoms. The highest BCUT2D eigenvalue weighted by Crippen LogP contribution is 2.26. The summed E-state index contributed by atoms with van der Waals surface area (Å²) in [7, 11) is 0. The van der Waals surface area contributed by atoms with Gasteiger partial charge in [0.25, 0.3) is 0 Å². The second kappa shape index (κ2) is 9.73. The largest absolute Gasteiger partial charge is 0.354 e. The normalized spacial score (nSPS) is 22.7. The lowest BCUT2D eigenvalue weighted by Gasteiger charge is -2.45. The highest BCUT2D eigenvalue weighted by atomic mass is 16.2. The van der Waals surface area contributed by atoms with Crippen LogP contribution < -0.4 is 5.32 Å². The maximum absolute atomic E-state index is 12.5. The number of carbonyl (C=O) groups excluding carboxylic acids is 2. The third kappa shape index (κ3) is 5.91. The van der Waals surface area contributed by atoms with E-state index in [1.807, 2.05) is 30.3 Å². The van der Waals surface area contributed by atoms with E-state index in [0.29, 0.717) is 24.9 Å². The molecule has 0 aromatic heterocycles. The number of hydrogen-bond donors (Lipinski definition) is 1. The van der Waals surface area contributed by atoms with E-state index in [-0.39, 0.29) is 30.2 Å². The number of carbonyl (C=O) groups is 2. The smallest absolute Gasteiger partial charge is 0.243 e. The van der Waals surface area contributed by atoms with Gasteiger partial charge in [-0.15, -0.1) is 0 Å². The molecular formula is C24H36N4O2. The predicted octanol–water partition coefficient (Wildman–Crippen LogP) is 3.28. The zero-order valence-corrected chi connectivity index (χ0v) is 18.9. The van der Waals surface area contributed by atoms with Gasteiger partial charge in [0, 0.05) is 44.4 Å². The Bertz CT molecular complexity index is 765. The molecule has 2 atom stereocenters. The van der Waals surface area contributed by atoms with E-state index < -0.39 is 0 Å². The summed E-state index contributed by atoms with van der Waals surface area (Å²) in [6.45, 7) is 12.3. The van der Waals surface area contributed by atoms with Gasteiger partial charge in [0.2, 0.25) is 11.8 Å². The van der Waals surface area contributed by atoms with Crippen LogP contribution in [0.3, 0.4) is 0 Å². The molecule has 1 aromatic rings. The summed E-state index contributed by atoms with van der Waals surface area (Å²) in [6, 6.07) is 9.92. The van der Waals surface area contributed by atoms with Crippen LogP contribution in [0.1, 0.15) is 58.9 Å². The summed E-state index contributed by atoms with van der Waals surface area (Å²) in [6.07, 6.45) is 2.42. The van der Waals surface area contributed by atoms with E-state index in [1.165, 1.54) is 11.4 Å². The fraction of sp³-hybridized carbons (Fsp3) is 0.625. The number of rotatable bonds is 7. The summed E-state index contributed by atoms with van der Waals surface area (Å²) in [5.74, 6) is 1.21. The summed E-state index contributed by atoms with van der Waals surface area (Å²) in [5.41, 5.74) is 1.89. The molecular weight excluding hydrogens is 376 g/mol. The van der Waals surface area contributed by atoms with E-state index in [0.717, 1.165) is 30.8 Å². The monoisotopic (exact) mass is 412 g/mol. The quantitative estimate of drug-likeness (QED) is 0.747. The van der Waals surface area contributed by atoms with Gasteiger partial charge < -0.3 is 5.32 Å². The van der Waals surface area contributed by atoms with Gasteiger partial charge in [-0.1, -0.05) is 44.2 Å². The number of nitrogens with one attached hydrogen (secondary N) is 1. The van der Waals surface area contributed by atoms with Crippen LogP contribution in [0.25, 0.3) is 0 Å². The van der Waals surface area contributed by atoms with Crippen LogP contribution in [-0.4, -0.2) is 59.2 Å². The minimum absolute atomic E-state index is 0.0685. The molecule has 0 unspecified atom stereocenters. The minimum atomic E-state index is -0.0908. The molecule has 0 spiro atoms. The average Bonchev–Trinajstić information content (AvgIpc) is 3.21. The third-order valence-electron chi connectivity index (χ3n) is 6.21. The number of hydrazone groups is 1. The number of nitrogens with zero attached hydrogens (tertiary/aromatic N) is 3. The zero-order chi connectivity index (χ0) is 21.7. The van der Waals surface area contributed by atoms with Crippen LogP contribution in [0.5, 0.6) is 0 Å². The van der Waals surface area contributed by atoms with Gasteiger partial charge in [0.05, 0.1) is 12.3 Å². The Balaban J connectivity index is 1.43. The van der Waals surface area contributed by atoms with Crippen LogP contribution in [0, 0.1) is 11.8 Å². The summed E-state index contributed by atoms with van der Waals surface area (Å²) >= 11 is 0. The number of hydrogen-bond acceptors (Lipinski definition) is 4. The molecule has 1 fully saturated rings. The molecule has 1 aromatic carbocycles. The molecule has 1 N–H and O–H groups in total. The Morgan fingerprint density at radius 2 is 1.77 bits per heavy atom. The van der Waals surface area contributed by atoms with Gasteiger partial charge in [-0.05, 0) is 37.7 Å². The summed E-state index contributed by atoms with van der Waals surface area (Å²) < 4.78 is 0. The van der Waals surface area contributed by atoms with Gasteiger partial charge in [0.15, 0.2) is 0 Å². The Kier molecular flexibility index (Phi) is 7.29. The van der Waals surface area contributed by atoms with Gasteiger partial charge >= 0.3 is 0 Å². The molecule has 2 amide bonds. The van der Waals surface area contributed by atoms with E-state index >= 15 is 0 Å². The highest BCUT2D eigenvalue weighted by molar-refractivity contribution is 6.02. The van der Waals surface area contributed by atoms with Crippen LogP contribution in [-0.2, 0) is 9.59 Å². The Morgan fingerprint density at radius 1 is 1.10 bits per heavy atom. The van der Waals surface area contributed by atoms with E-state index in [9.17, 15) is 9.59 Å². The average molecular weight is 413 g/mol. The van der Waals surface area contributed by atoms with Gasteiger partial charge in [-0.2, -0.15) is 5.10 Å². The first-order valence-electron chi connectivity index (χ1n) is 11.2. The summed E-state index contributed by atoms with van der Waals surface area (Å²) in [5, 5.41) is 9.01. The predicted molar refractivity (Wildman–Crippen MR) is 120 cm³/mol. The van der Waals surface area contributed by atoms with Crippen molar-refractivity contribution >= 4 is 17.5 Å². The van der Waals surface area contributed by atoms with E-state index in [2.05, 4.69) is 43.0 Å². The zero-order valence-electron chi connectivity index (χ0n) is 18.9. The Labute approximate surface area is 180 Å². The second-order valence-corrected chi connectivity index (χ2v) is 9.62. The maximum Gasteiger partial charge on any atom is 0.243 e. The number of likely N-dealkylation sites (tertiary alicyclic amines) is 1. The highest BCUT2D eigenvalue weighted by Gasteiger charge is 2.33. The van der Waals surface area contributed by atoms with E-state index in [4.69, 9.17) is 0 Å². The van der Waals surface area contributed by atoms with Crippen molar-refractivity contribution < 1.29 is 9.59 Å². The molecule has 0 saturated carbocycles. The van der Waals surface area contributed by atoms with Gasteiger partial charge in [-0.3, -0.25) is 14.5 Å². The number of piperidine rings is 1. The summed E-state index contributed by atoms with van der Waals surface area (Å²) in [4.78, 5) is 27.3. The lowest BCUT2D eigenvalue weighted by Crippen LogP contribution is -2.56. The second-order valence-electron chi connectivity index (χ2n) is 9.62. The first-order chi connectivity index (χ1) is 14.2. The number of amides is 2. The van der Waals surface area contributed by atoms with Crippen molar-refractivity contribution in [1.29, 1.82) is 0 Å². The molecule has 6 nitrogen and oxygen atoms in total. The number of benzene rings is 1. The van der Waals surface area contributed by atoms with Crippen molar-refractivity contribution in [2.75, 3.05) is 26.2 Å². The molecule has 2 aliphatic rings. The van der Waals surface area contributed by atoms with Crippen molar-refractivity contribution in [3.63, 3.8) is 0 Å². The van der Waals surface area contributed by atoms with Crippen molar-refractivity contribution in [1.82, 2.24) is 15.2 Å². The lowest BCUT2D eigenvalue weighted by molar-refractivity contribution is -0.133.